The van der Waals surface area contributed by atoms with Crippen LogP contribution in [-0.2, 0) is 0 Å². The third kappa shape index (κ3) is 2.61. The molecular weight excluding hydrogens is 190 g/mol. The largest absolute Gasteiger partial charge is 0.253 e. The first kappa shape index (κ1) is 9.75. The van der Waals surface area contributed by atoms with Gasteiger partial charge < -0.3 is 0 Å². The molecule has 0 atom stereocenters. The van der Waals surface area contributed by atoms with Gasteiger partial charge in [0.15, 0.2) is 0 Å². The fourth-order valence-corrected chi connectivity index (χ4v) is 1.81. The monoisotopic (exact) mass is 201 g/mol. The van der Waals surface area contributed by atoms with Crippen LogP contribution in [0, 0.1) is 5.92 Å². The lowest BCUT2D eigenvalue weighted by Gasteiger charge is -2.05. The minimum absolute atomic E-state index is 0.518. The smallest absolute Gasteiger partial charge is 0.0797 e. The fraction of sp³-hybridized carbons (Fsp3) is 0.444. The van der Waals surface area contributed by atoms with E-state index in [1.165, 1.54) is 10.5 Å². The molecule has 0 bridgehead atoms. The molecule has 1 heterocycles. The van der Waals surface area contributed by atoms with Gasteiger partial charge in [0.2, 0.25) is 0 Å². The Morgan fingerprint density at radius 3 is 2.92 bits per heavy atom. The van der Waals surface area contributed by atoms with E-state index in [2.05, 4.69) is 24.9 Å². The van der Waals surface area contributed by atoms with Gasteiger partial charge in [-0.2, -0.15) is 0 Å². The molecule has 0 saturated heterocycles. The summed E-state index contributed by atoms with van der Waals surface area (Å²) in [6.45, 7) is 4.30. The van der Waals surface area contributed by atoms with Crippen molar-refractivity contribution in [1.29, 1.82) is 0 Å². The van der Waals surface area contributed by atoms with Crippen LogP contribution < -0.4 is 0 Å². The van der Waals surface area contributed by atoms with Crippen molar-refractivity contribution in [2.75, 3.05) is 5.88 Å². The van der Waals surface area contributed by atoms with Crippen molar-refractivity contribution >= 4 is 29.0 Å². The Bertz CT molecular complexity index is 252. The van der Waals surface area contributed by atoms with E-state index >= 15 is 0 Å². The van der Waals surface area contributed by atoms with Crippen molar-refractivity contribution in [2.45, 2.75) is 13.8 Å². The maximum absolute atomic E-state index is 5.80. The van der Waals surface area contributed by atoms with Crippen LogP contribution >= 0.6 is 22.9 Å². The number of aromatic nitrogens is 1. The zero-order chi connectivity index (χ0) is 8.97. The van der Waals surface area contributed by atoms with E-state index in [-0.39, 0.29) is 0 Å². The number of nitrogens with zero attached hydrogens (tertiary/aromatic N) is 1. The molecule has 0 saturated carbocycles. The molecule has 1 aromatic heterocycles. The number of rotatable bonds is 3. The SMILES string of the molecule is CC(C)C(=Cc1cncs1)CCl. The van der Waals surface area contributed by atoms with Crippen LogP contribution in [0.15, 0.2) is 17.3 Å². The van der Waals surface area contributed by atoms with Crippen LogP contribution in [0.1, 0.15) is 18.7 Å². The summed E-state index contributed by atoms with van der Waals surface area (Å²) in [6.07, 6.45) is 3.98. The molecule has 1 rings (SSSR count). The standard InChI is InChI=1S/C9H12ClNS/c1-7(2)8(4-10)3-9-5-11-6-12-9/h3,5-7H,4H2,1-2H3. The Morgan fingerprint density at radius 1 is 1.75 bits per heavy atom. The third-order valence-corrected chi connectivity index (χ3v) is 2.71. The van der Waals surface area contributed by atoms with Crippen LogP contribution in [-0.4, -0.2) is 10.9 Å². The van der Waals surface area contributed by atoms with Gasteiger partial charge in [-0.15, -0.1) is 22.9 Å². The summed E-state index contributed by atoms with van der Waals surface area (Å²) in [4.78, 5) is 5.18. The van der Waals surface area contributed by atoms with Crippen molar-refractivity contribution < 1.29 is 0 Å². The molecule has 0 unspecified atom stereocenters. The number of hydrogen-bond acceptors (Lipinski definition) is 2. The molecule has 1 nitrogen and oxygen atoms in total. The first-order chi connectivity index (χ1) is 5.74. The molecular formula is C9H12ClNS. The van der Waals surface area contributed by atoms with Crippen LogP contribution in [0.5, 0.6) is 0 Å². The van der Waals surface area contributed by atoms with Gasteiger partial charge in [-0.05, 0) is 12.0 Å². The predicted octanol–water partition coefficient (Wildman–Crippen LogP) is 3.42. The van der Waals surface area contributed by atoms with Gasteiger partial charge in [-0.3, -0.25) is 4.98 Å². The van der Waals surface area contributed by atoms with E-state index in [0.717, 1.165) is 0 Å². The Kier molecular flexibility index (Phi) is 3.76. The van der Waals surface area contributed by atoms with Gasteiger partial charge in [-0.25, -0.2) is 0 Å². The quantitative estimate of drug-likeness (QED) is 0.683. The Morgan fingerprint density at radius 2 is 2.50 bits per heavy atom. The topological polar surface area (TPSA) is 12.9 Å². The second kappa shape index (κ2) is 4.63. The van der Waals surface area contributed by atoms with E-state index in [1.54, 1.807) is 11.3 Å². The third-order valence-electron chi connectivity index (χ3n) is 1.67. The van der Waals surface area contributed by atoms with E-state index < -0.39 is 0 Å². The molecule has 0 radical (unpaired) electrons. The Balaban J connectivity index is 2.78. The molecule has 3 heteroatoms. The molecule has 0 aromatic carbocycles. The highest BCUT2D eigenvalue weighted by molar-refractivity contribution is 7.10. The first-order valence-electron chi connectivity index (χ1n) is 3.89. The summed E-state index contributed by atoms with van der Waals surface area (Å²) >= 11 is 7.43. The Hall–Kier alpha value is -0.340. The summed E-state index contributed by atoms with van der Waals surface area (Å²) in [5.74, 6) is 1.12. The number of thiazole rings is 1. The van der Waals surface area contributed by atoms with E-state index in [0.29, 0.717) is 11.8 Å². The summed E-state index contributed by atoms with van der Waals surface area (Å²) < 4.78 is 0. The number of alkyl halides is 1. The van der Waals surface area contributed by atoms with Gasteiger partial charge in [0.25, 0.3) is 0 Å². The average molecular weight is 202 g/mol. The molecule has 0 fully saturated rings. The van der Waals surface area contributed by atoms with Crippen molar-refractivity contribution in [1.82, 2.24) is 4.98 Å². The molecule has 0 N–H and O–H groups in total. The summed E-state index contributed by atoms with van der Waals surface area (Å²) in [5, 5.41) is 0. The van der Waals surface area contributed by atoms with Crippen molar-refractivity contribution in [3.63, 3.8) is 0 Å². The molecule has 1 aromatic rings. The van der Waals surface area contributed by atoms with Crippen molar-refractivity contribution in [3.8, 4) is 0 Å². The minimum atomic E-state index is 0.518. The average Bonchev–Trinajstić information content (AvgIpc) is 2.51. The van der Waals surface area contributed by atoms with Crippen LogP contribution in [0.3, 0.4) is 0 Å². The lowest BCUT2D eigenvalue weighted by Crippen LogP contribution is -1.94. The van der Waals surface area contributed by atoms with Crippen LogP contribution in [0.4, 0.5) is 0 Å². The highest BCUT2D eigenvalue weighted by Gasteiger charge is 2.01. The number of allylic oxidation sites excluding steroid dienone is 1. The zero-order valence-corrected chi connectivity index (χ0v) is 8.82. The molecule has 0 aliphatic rings. The fourth-order valence-electron chi connectivity index (χ4n) is 0.839. The van der Waals surface area contributed by atoms with Gasteiger partial charge in [0.1, 0.15) is 0 Å². The highest BCUT2D eigenvalue weighted by Crippen LogP contribution is 2.17. The van der Waals surface area contributed by atoms with Gasteiger partial charge in [0, 0.05) is 17.0 Å². The molecule has 66 valence electrons. The highest BCUT2D eigenvalue weighted by atomic mass is 35.5. The van der Waals surface area contributed by atoms with E-state index in [1.807, 2.05) is 11.7 Å². The van der Waals surface area contributed by atoms with Gasteiger partial charge in [0.05, 0.1) is 5.51 Å². The molecule has 0 spiro atoms. The maximum Gasteiger partial charge on any atom is 0.0797 e. The molecule has 0 amide bonds. The molecule has 0 aliphatic carbocycles. The van der Waals surface area contributed by atoms with Gasteiger partial charge >= 0.3 is 0 Å². The van der Waals surface area contributed by atoms with E-state index in [4.69, 9.17) is 11.6 Å². The van der Waals surface area contributed by atoms with Crippen molar-refractivity contribution in [2.24, 2.45) is 5.92 Å². The predicted molar refractivity (Wildman–Crippen MR) is 55.6 cm³/mol. The number of halogens is 1. The second-order valence-corrected chi connectivity index (χ2v) is 4.10. The first-order valence-corrected chi connectivity index (χ1v) is 5.30. The Labute approximate surface area is 82.1 Å². The number of hydrogen-bond donors (Lipinski definition) is 0. The van der Waals surface area contributed by atoms with Crippen molar-refractivity contribution in [3.05, 3.63) is 22.2 Å². The second-order valence-electron chi connectivity index (χ2n) is 2.91. The molecule has 0 aliphatic heterocycles. The molecule has 12 heavy (non-hydrogen) atoms. The zero-order valence-electron chi connectivity index (χ0n) is 7.25. The lowest BCUT2D eigenvalue weighted by atomic mass is 10.1. The maximum atomic E-state index is 5.80. The normalized spacial score (nSPS) is 12.5. The summed E-state index contributed by atoms with van der Waals surface area (Å²) in [7, 11) is 0. The summed E-state index contributed by atoms with van der Waals surface area (Å²) in [6, 6.07) is 0. The summed E-state index contributed by atoms with van der Waals surface area (Å²) in [5.41, 5.74) is 3.10. The van der Waals surface area contributed by atoms with Crippen LogP contribution in [0.2, 0.25) is 0 Å². The lowest BCUT2D eigenvalue weighted by molar-refractivity contribution is 0.778. The van der Waals surface area contributed by atoms with Gasteiger partial charge in [-0.1, -0.05) is 19.4 Å². The van der Waals surface area contributed by atoms with Crippen LogP contribution in [0.25, 0.3) is 6.08 Å². The minimum Gasteiger partial charge on any atom is -0.253 e. The van der Waals surface area contributed by atoms with E-state index in [9.17, 15) is 0 Å².